The number of para-hydroxylation sites is 3. The van der Waals surface area contributed by atoms with Gasteiger partial charge in [-0.05, 0) is 30.3 Å². The molecule has 0 spiro atoms. The molecule has 0 atom stereocenters. The van der Waals surface area contributed by atoms with Crippen molar-refractivity contribution in [2.75, 3.05) is 0 Å². The van der Waals surface area contributed by atoms with Gasteiger partial charge in [0.2, 0.25) is 0 Å². The van der Waals surface area contributed by atoms with E-state index < -0.39 is 14.8 Å². The van der Waals surface area contributed by atoms with Crippen molar-refractivity contribution >= 4 is 17.1 Å². The Hall–Kier alpha value is -5.52. The molecule has 4 rings (SSSR count). The minimum Gasteiger partial charge on any atom is -0.488 e. The van der Waals surface area contributed by atoms with E-state index in [-0.39, 0.29) is 48.4 Å². The molecular formula is C27H21N3O9. The maximum Gasteiger partial charge on any atom is 0.276 e. The lowest BCUT2D eigenvalue weighted by Gasteiger charge is -2.15. The maximum absolute atomic E-state index is 11.4. The van der Waals surface area contributed by atoms with Crippen molar-refractivity contribution < 1.29 is 29.0 Å². The zero-order valence-electron chi connectivity index (χ0n) is 20.3. The molecule has 0 saturated carbocycles. The quantitative estimate of drug-likeness (QED) is 0.154. The highest BCUT2D eigenvalue weighted by atomic mass is 16.6. The summed E-state index contributed by atoms with van der Waals surface area (Å²) in [5, 5.41) is 34.1. The second-order valence-corrected chi connectivity index (χ2v) is 8.13. The van der Waals surface area contributed by atoms with Crippen LogP contribution >= 0.6 is 0 Å². The third kappa shape index (κ3) is 6.63. The molecule has 0 aliphatic rings. The van der Waals surface area contributed by atoms with E-state index in [1.54, 1.807) is 60.7 Å². The normalized spacial score (nSPS) is 10.5. The van der Waals surface area contributed by atoms with E-state index in [2.05, 4.69) is 0 Å². The lowest BCUT2D eigenvalue weighted by atomic mass is 10.2. The highest BCUT2D eigenvalue weighted by Crippen LogP contribution is 2.35. The minimum absolute atomic E-state index is 0.0882. The molecule has 12 heteroatoms. The molecule has 0 amide bonds. The smallest absolute Gasteiger partial charge is 0.276 e. The first-order valence-corrected chi connectivity index (χ1v) is 11.5. The van der Waals surface area contributed by atoms with E-state index in [0.717, 1.165) is 0 Å². The van der Waals surface area contributed by atoms with E-state index in [0.29, 0.717) is 22.4 Å². The summed E-state index contributed by atoms with van der Waals surface area (Å²) in [6.45, 7) is -0.417. The van der Waals surface area contributed by atoms with E-state index >= 15 is 0 Å². The van der Waals surface area contributed by atoms with Gasteiger partial charge >= 0.3 is 0 Å². The Bertz CT molecular complexity index is 1520. The van der Waals surface area contributed by atoms with Crippen LogP contribution in [0.15, 0.2) is 91.0 Å². The van der Waals surface area contributed by atoms with Gasteiger partial charge in [0.25, 0.3) is 17.1 Å². The average Bonchev–Trinajstić information content (AvgIpc) is 2.94. The van der Waals surface area contributed by atoms with Gasteiger partial charge in [-0.15, -0.1) is 0 Å². The van der Waals surface area contributed by atoms with Crippen LogP contribution in [0.1, 0.15) is 16.7 Å². The number of benzene rings is 4. The summed E-state index contributed by atoms with van der Waals surface area (Å²) in [7, 11) is 0. The molecule has 12 nitrogen and oxygen atoms in total. The summed E-state index contributed by atoms with van der Waals surface area (Å²) < 4.78 is 17.5. The van der Waals surface area contributed by atoms with Crippen molar-refractivity contribution in [2.24, 2.45) is 0 Å². The monoisotopic (exact) mass is 531 g/mol. The van der Waals surface area contributed by atoms with Crippen LogP contribution in [0.25, 0.3) is 0 Å². The van der Waals surface area contributed by atoms with Crippen LogP contribution in [-0.2, 0) is 19.8 Å². The molecule has 0 aliphatic carbocycles. The fourth-order valence-electron chi connectivity index (χ4n) is 3.72. The third-order valence-electron chi connectivity index (χ3n) is 5.64. The van der Waals surface area contributed by atoms with Gasteiger partial charge in [0.1, 0.15) is 25.6 Å². The Kier molecular flexibility index (Phi) is 8.27. The summed E-state index contributed by atoms with van der Waals surface area (Å²) in [5.41, 5.74) is 0.701. The Labute approximate surface area is 221 Å². The van der Waals surface area contributed by atoms with E-state index in [4.69, 9.17) is 14.2 Å². The van der Waals surface area contributed by atoms with Crippen molar-refractivity contribution in [3.8, 4) is 17.2 Å². The van der Waals surface area contributed by atoms with Crippen LogP contribution in [0.5, 0.6) is 17.2 Å². The standard InChI is InChI=1S/C27H21N3O9/c31-28(32)23-10-4-1-7-19(23)16-37-22-13-14-26(38-17-20-8-2-5-11-24(20)29(33)34)27(15-22)39-18-21-9-3-6-12-25(21)30(35)36/h1-15H,16-18H2. The molecule has 0 radical (unpaired) electrons. The second-order valence-electron chi connectivity index (χ2n) is 8.13. The van der Waals surface area contributed by atoms with Gasteiger partial charge in [0.15, 0.2) is 11.5 Å². The second kappa shape index (κ2) is 12.1. The molecular weight excluding hydrogens is 510 g/mol. The molecule has 4 aromatic rings. The zero-order chi connectivity index (χ0) is 27.8. The van der Waals surface area contributed by atoms with Crippen LogP contribution in [0, 0.1) is 30.3 Å². The first-order chi connectivity index (χ1) is 18.8. The predicted molar refractivity (Wildman–Crippen MR) is 139 cm³/mol. The van der Waals surface area contributed by atoms with Gasteiger partial charge in [-0.2, -0.15) is 0 Å². The molecule has 0 N–H and O–H groups in total. The average molecular weight is 531 g/mol. The van der Waals surface area contributed by atoms with Crippen molar-refractivity contribution in [3.05, 3.63) is 138 Å². The molecule has 0 unspecified atom stereocenters. The number of nitro groups is 3. The van der Waals surface area contributed by atoms with Gasteiger partial charge in [-0.1, -0.05) is 36.4 Å². The number of rotatable bonds is 12. The Morgan fingerprint density at radius 1 is 0.487 bits per heavy atom. The van der Waals surface area contributed by atoms with Crippen molar-refractivity contribution in [3.63, 3.8) is 0 Å². The first kappa shape index (κ1) is 26.5. The van der Waals surface area contributed by atoms with Crippen LogP contribution < -0.4 is 14.2 Å². The summed E-state index contributed by atoms with van der Waals surface area (Å²) in [6.07, 6.45) is 0. The van der Waals surface area contributed by atoms with E-state index in [1.807, 2.05) is 0 Å². The van der Waals surface area contributed by atoms with Crippen LogP contribution in [0.2, 0.25) is 0 Å². The molecule has 39 heavy (non-hydrogen) atoms. The van der Waals surface area contributed by atoms with Crippen molar-refractivity contribution in [1.82, 2.24) is 0 Å². The van der Waals surface area contributed by atoms with Crippen molar-refractivity contribution in [2.45, 2.75) is 19.8 Å². The van der Waals surface area contributed by atoms with Crippen LogP contribution in [0.4, 0.5) is 17.1 Å². The highest BCUT2D eigenvalue weighted by molar-refractivity contribution is 5.48. The number of ether oxygens (including phenoxy) is 3. The summed E-state index contributed by atoms with van der Waals surface area (Å²) in [6, 6.07) is 23.0. The minimum atomic E-state index is -0.517. The molecule has 0 aromatic heterocycles. The molecule has 0 fully saturated rings. The summed E-state index contributed by atoms with van der Waals surface area (Å²) >= 11 is 0. The SMILES string of the molecule is O=[N+]([O-])c1ccccc1COc1ccc(OCc2ccccc2[N+](=O)[O-])c(OCc2ccccc2[N+](=O)[O-])c1. The number of hydrogen-bond acceptors (Lipinski definition) is 9. The van der Waals surface area contributed by atoms with Gasteiger partial charge in [0.05, 0.1) is 31.5 Å². The highest BCUT2D eigenvalue weighted by Gasteiger charge is 2.18. The van der Waals surface area contributed by atoms with Gasteiger partial charge in [-0.25, -0.2) is 0 Å². The number of nitrogens with zero attached hydrogens (tertiary/aromatic N) is 3. The third-order valence-corrected chi connectivity index (χ3v) is 5.64. The number of hydrogen-bond donors (Lipinski definition) is 0. The fourth-order valence-corrected chi connectivity index (χ4v) is 3.72. The van der Waals surface area contributed by atoms with Crippen LogP contribution in [0.3, 0.4) is 0 Å². The largest absolute Gasteiger partial charge is 0.488 e. The van der Waals surface area contributed by atoms with Crippen molar-refractivity contribution in [1.29, 1.82) is 0 Å². The predicted octanol–water partition coefficient (Wildman–Crippen LogP) is 6.15. The molecule has 0 heterocycles. The number of nitro benzene ring substituents is 3. The Morgan fingerprint density at radius 2 is 0.872 bits per heavy atom. The Balaban J connectivity index is 1.59. The maximum atomic E-state index is 11.4. The molecule has 0 bridgehead atoms. The topological polar surface area (TPSA) is 157 Å². The lowest BCUT2D eigenvalue weighted by Crippen LogP contribution is -2.05. The molecule has 0 aliphatic heterocycles. The summed E-state index contributed by atoms with van der Waals surface area (Å²) in [5.74, 6) is 0.667. The van der Waals surface area contributed by atoms with Crippen LogP contribution in [-0.4, -0.2) is 14.8 Å². The van der Waals surface area contributed by atoms with E-state index in [9.17, 15) is 30.3 Å². The lowest BCUT2D eigenvalue weighted by molar-refractivity contribution is -0.386. The fraction of sp³-hybridized carbons (Fsp3) is 0.111. The first-order valence-electron chi connectivity index (χ1n) is 11.5. The van der Waals surface area contributed by atoms with E-state index in [1.165, 1.54) is 30.3 Å². The van der Waals surface area contributed by atoms with Gasteiger partial charge in [-0.3, -0.25) is 30.3 Å². The van der Waals surface area contributed by atoms with Gasteiger partial charge < -0.3 is 14.2 Å². The zero-order valence-corrected chi connectivity index (χ0v) is 20.3. The van der Waals surface area contributed by atoms with Gasteiger partial charge in [0, 0.05) is 24.3 Å². The Morgan fingerprint density at radius 3 is 1.31 bits per heavy atom. The molecule has 4 aromatic carbocycles. The molecule has 198 valence electrons. The molecule has 0 saturated heterocycles. The summed E-state index contributed by atoms with van der Waals surface area (Å²) in [4.78, 5) is 32.5.